The number of pyridine rings is 1. The fraction of sp³-hybridized carbons (Fsp3) is 0.538. The Balaban J connectivity index is 2.28. The van der Waals surface area contributed by atoms with E-state index in [9.17, 15) is 20.0 Å². The van der Waals surface area contributed by atoms with Gasteiger partial charge in [0, 0.05) is 41.9 Å². The second-order valence-electron chi connectivity index (χ2n) is 5.02. The zero-order chi connectivity index (χ0) is 15.6. The molecule has 1 unspecified atom stereocenters. The van der Waals surface area contributed by atoms with Crippen LogP contribution in [0.15, 0.2) is 6.20 Å². The van der Waals surface area contributed by atoms with Gasteiger partial charge in [-0.15, -0.1) is 0 Å². The normalized spacial score (nSPS) is 19.4. The van der Waals surface area contributed by atoms with E-state index < -0.39 is 16.9 Å². The molecule has 1 aromatic heterocycles. The maximum absolute atomic E-state index is 11.3. The Hall–Kier alpha value is -1.67. The number of aryl methyl sites for hydroxylation is 1. The predicted molar refractivity (Wildman–Crippen MR) is 79.5 cm³/mol. The van der Waals surface area contributed by atoms with Crippen LogP contribution < -0.4 is 0 Å². The fourth-order valence-electron chi connectivity index (χ4n) is 2.45. The van der Waals surface area contributed by atoms with Gasteiger partial charge in [0.05, 0.1) is 10.6 Å². The van der Waals surface area contributed by atoms with Crippen molar-refractivity contribution in [1.29, 1.82) is 0 Å². The molecule has 1 aromatic rings. The van der Waals surface area contributed by atoms with Crippen LogP contribution in [0.3, 0.4) is 0 Å². The van der Waals surface area contributed by atoms with E-state index >= 15 is 0 Å². The summed E-state index contributed by atoms with van der Waals surface area (Å²) in [6, 6.07) is -0.565. The molecule has 1 aliphatic heterocycles. The second-order valence-corrected chi connectivity index (χ2v) is 6.17. The predicted octanol–water partition coefficient (Wildman–Crippen LogP) is 1.61. The molecule has 1 fully saturated rings. The summed E-state index contributed by atoms with van der Waals surface area (Å²) in [5, 5.41) is 20.4. The van der Waals surface area contributed by atoms with Gasteiger partial charge in [-0.2, -0.15) is 11.8 Å². The zero-order valence-corrected chi connectivity index (χ0v) is 12.7. The van der Waals surface area contributed by atoms with E-state index in [4.69, 9.17) is 0 Å². The molecule has 2 rings (SSSR count). The Kier molecular flexibility index (Phi) is 4.79. The molecule has 0 saturated carbocycles. The number of nitro groups is 1. The third-order valence-electron chi connectivity index (χ3n) is 3.64. The van der Waals surface area contributed by atoms with Crippen LogP contribution in [-0.4, -0.2) is 50.0 Å². The summed E-state index contributed by atoms with van der Waals surface area (Å²) in [5.74, 6) is 0.528. The number of aliphatic carboxylic acids is 1. The molecule has 114 valence electrons. The smallest absolute Gasteiger partial charge is 0.321 e. The number of aromatic nitrogens is 1. The summed E-state index contributed by atoms with van der Waals surface area (Å²) in [4.78, 5) is 28.1. The van der Waals surface area contributed by atoms with Crippen LogP contribution in [0.2, 0.25) is 0 Å². The number of hydrogen-bond acceptors (Lipinski definition) is 6. The molecular weight excluding hydrogens is 294 g/mol. The van der Waals surface area contributed by atoms with Gasteiger partial charge in [-0.05, 0) is 13.8 Å². The summed E-state index contributed by atoms with van der Waals surface area (Å²) in [7, 11) is 0. The van der Waals surface area contributed by atoms with E-state index in [2.05, 4.69) is 4.98 Å². The highest BCUT2D eigenvalue weighted by molar-refractivity contribution is 7.99. The number of carbonyl (C=O) groups is 1. The Bertz CT molecular complexity index is 579. The van der Waals surface area contributed by atoms with Crippen molar-refractivity contribution in [2.75, 3.05) is 18.1 Å². The first kappa shape index (κ1) is 15.7. The first-order valence-electron chi connectivity index (χ1n) is 6.56. The van der Waals surface area contributed by atoms with Crippen LogP contribution in [0.25, 0.3) is 0 Å². The van der Waals surface area contributed by atoms with Crippen LogP contribution in [-0.2, 0) is 11.3 Å². The molecule has 0 aliphatic carbocycles. The summed E-state index contributed by atoms with van der Waals surface area (Å²) >= 11 is 1.61. The van der Waals surface area contributed by atoms with Crippen molar-refractivity contribution in [2.24, 2.45) is 0 Å². The van der Waals surface area contributed by atoms with Crippen molar-refractivity contribution in [3.63, 3.8) is 0 Å². The quantitative estimate of drug-likeness (QED) is 0.666. The SMILES string of the molecule is Cc1cnc(CN2CCSCC2C(=O)O)c(C)c1[N+](=O)[O-]. The van der Waals surface area contributed by atoms with Crippen LogP contribution in [0, 0.1) is 24.0 Å². The number of nitrogens with zero attached hydrogens (tertiary/aromatic N) is 3. The molecule has 0 amide bonds. The molecule has 1 N–H and O–H groups in total. The lowest BCUT2D eigenvalue weighted by atomic mass is 10.1. The lowest BCUT2D eigenvalue weighted by Crippen LogP contribution is -2.46. The van der Waals surface area contributed by atoms with Crippen LogP contribution in [0.1, 0.15) is 16.8 Å². The molecule has 7 nitrogen and oxygen atoms in total. The Labute approximate surface area is 126 Å². The average molecular weight is 311 g/mol. The standard InChI is InChI=1S/C13H17N3O4S/c1-8-5-14-10(9(2)12(8)16(19)20)6-15-3-4-21-7-11(15)13(17)18/h5,11H,3-4,6-7H2,1-2H3,(H,17,18). The molecule has 8 heteroatoms. The summed E-state index contributed by atoms with van der Waals surface area (Å²) in [6.45, 7) is 4.29. The molecule has 2 heterocycles. The third-order valence-corrected chi connectivity index (χ3v) is 4.66. The number of carboxylic acid groups (broad SMARTS) is 1. The van der Waals surface area contributed by atoms with Crippen LogP contribution >= 0.6 is 11.8 Å². The van der Waals surface area contributed by atoms with Crippen molar-refractivity contribution in [1.82, 2.24) is 9.88 Å². The molecule has 0 bridgehead atoms. The van der Waals surface area contributed by atoms with Gasteiger partial charge >= 0.3 is 5.97 Å². The zero-order valence-electron chi connectivity index (χ0n) is 11.9. The fourth-order valence-corrected chi connectivity index (χ4v) is 3.56. The molecule has 0 aromatic carbocycles. The van der Waals surface area contributed by atoms with E-state index in [1.165, 1.54) is 6.20 Å². The molecule has 1 atom stereocenters. The molecule has 0 radical (unpaired) electrons. The van der Waals surface area contributed by atoms with Gasteiger partial charge in [-0.3, -0.25) is 24.8 Å². The summed E-state index contributed by atoms with van der Waals surface area (Å²) in [5.41, 5.74) is 1.68. The van der Waals surface area contributed by atoms with E-state index in [0.29, 0.717) is 35.7 Å². The topological polar surface area (TPSA) is 96.6 Å². The van der Waals surface area contributed by atoms with Crippen molar-refractivity contribution in [3.8, 4) is 0 Å². The maximum atomic E-state index is 11.3. The van der Waals surface area contributed by atoms with Crippen molar-refractivity contribution in [2.45, 2.75) is 26.4 Å². The molecular formula is C13H17N3O4S. The Morgan fingerprint density at radius 2 is 2.33 bits per heavy atom. The maximum Gasteiger partial charge on any atom is 0.321 e. The summed E-state index contributed by atoms with van der Waals surface area (Å²) < 4.78 is 0. The first-order valence-corrected chi connectivity index (χ1v) is 7.71. The highest BCUT2D eigenvalue weighted by atomic mass is 32.2. The lowest BCUT2D eigenvalue weighted by Gasteiger charge is -2.32. The highest BCUT2D eigenvalue weighted by Gasteiger charge is 2.30. The minimum atomic E-state index is -0.860. The van der Waals surface area contributed by atoms with Gasteiger partial charge in [-0.1, -0.05) is 0 Å². The van der Waals surface area contributed by atoms with Crippen molar-refractivity contribution in [3.05, 3.63) is 33.1 Å². The van der Waals surface area contributed by atoms with E-state index in [0.717, 1.165) is 5.75 Å². The third kappa shape index (κ3) is 3.33. The van der Waals surface area contributed by atoms with E-state index in [1.54, 1.807) is 25.6 Å². The van der Waals surface area contributed by atoms with E-state index in [1.807, 2.05) is 4.90 Å². The van der Waals surface area contributed by atoms with Gasteiger partial charge < -0.3 is 5.11 Å². The average Bonchev–Trinajstić information content (AvgIpc) is 2.42. The number of thioether (sulfide) groups is 1. The van der Waals surface area contributed by atoms with E-state index in [-0.39, 0.29) is 5.69 Å². The van der Waals surface area contributed by atoms with Gasteiger partial charge in [0.2, 0.25) is 0 Å². The molecule has 21 heavy (non-hydrogen) atoms. The first-order chi connectivity index (χ1) is 9.91. The lowest BCUT2D eigenvalue weighted by molar-refractivity contribution is -0.386. The van der Waals surface area contributed by atoms with Crippen LogP contribution in [0.5, 0.6) is 0 Å². The molecule has 1 aliphatic rings. The number of carboxylic acids is 1. The highest BCUT2D eigenvalue weighted by Crippen LogP contribution is 2.26. The Morgan fingerprint density at radius 1 is 1.62 bits per heavy atom. The van der Waals surface area contributed by atoms with Gasteiger partial charge in [0.25, 0.3) is 5.69 Å². The monoisotopic (exact) mass is 311 g/mol. The molecule has 0 spiro atoms. The number of hydrogen-bond donors (Lipinski definition) is 1. The largest absolute Gasteiger partial charge is 0.480 e. The van der Waals surface area contributed by atoms with Crippen LogP contribution in [0.4, 0.5) is 5.69 Å². The molecule has 1 saturated heterocycles. The van der Waals surface area contributed by atoms with Crippen molar-refractivity contribution < 1.29 is 14.8 Å². The van der Waals surface area contributed by atoms with Gasteiger partial charge in [-0.25, -0.2) is 0 Å². The second kappa shape index (κ2) is 6.40. The summed E-state index contributed by atoms with van der Waals surface area (Å²) in [6.07, 6.45) is 1.48. The van der Waals surface area contributed by atoms with Gasteiger partial charge in [0.1, 0.15) is 6.04 Å². The minimum Gasteiger partial charge on any atom is -0.480 e. The van der Waals surface area contributed by atoms with Crippen molar-refractivity contribution >= 4 is 23.4 Å². The Morgan fingerprint density at radius 3 is 2.95 bits per heavy atom. The number of rotatable bonds is 4. The van der Waals surface area contributed by atoms with Gasteiger partial charge in [0.15, 0.2) is 0 Å². The minimum absolute atomic E-state index is 0.0678.